The van der Waals surface area contributed by atoms with Gasteiger partial charge in [0.25, 0.3) is 5.91 Å². The Labute approximate surface area is 136 Å². The quantitative estimate of drug-likeness (QED) is 0.647. The Balaban J connectivity index is 2.32. The van der Waals surface area contributed by atoms with Crippen molar-refractivity contribution in [3.63, 3.8) is 0 Å². The molecule has 0 aliphatic heterocycles. The third-order valence-corrected chi connectivity index (χ3v) is 4.03. The molecular formula is C14H9BrF2INO. The number of amides is 1. The van der Waals surface area contributed by atoms with E-state index in [1.165, 1.54) is 6.92 Å². The van der Waals surface area contributed by atoms with Crippen LogP contribution in [0.25, 0.3) is 0 Å². The molecule has 0 bridgehead atoms. The Hall–Kier alpha value is -1.02. The number of rotatable bonds is 2. The van der Waals surface area contributed by atoms with Gasteiger partial charge < -0.3 is 5.32 Å². The van der Waals surface area contributed by atoms with Gasteiger partial charge >= 0.3 is 0 Å². The zero-order valence-electron chi connectivity index (χ0n) is 10.3. The number of carbonyl (C=O) groups is 1. The third kappa shape index (κ3) is 3.35. The van der Waals surface area contributed by atoms with Crippen LogP contribution in [0.1, 0.15) is 15.9 Å². The van der Waals surface area contributed by atoms with Crippen LogP contribution in [0.4, 0.5) is 14.5 Å². The van der Waals surface area contributed by atoms with Gasteiger partial charge in [-0.05, 0) is 75.3 Å². The second-order valence-corrected chi connectivity index (χ2v) is 6.26. The Kier molecular flexibility index (Phi) is 4.74. The molecule has 0 radical (unpaired) electrons. The topological polar surface area (TPSA) is 29.1 Å². The molecule has 0 heterocycles. The van der Waals surface area contributed by atoms with Crippen molar-refractivity contribution in [1.29, 1.82) is 0 Å². The van der Waals surface area contributed by atoms with Gasteiger partial charge in [0, 0.05) is 14.1 Å². The molecule has 0 unspecified atom stereocenters. The molecule has 0 saturated heterocycles. The van der Waals surface area contributed by atoms with Crippen molar-refractivity contribution in [2.75, 3.05) is 5.32 Å². The largest absolute Gasteiger partial charge is 0.319 e. The lowest BCUT2D eigenvalue weighted by molar-refractivity contribution is 0.102. The van der Waals surface area contributed by atoms with E-state index in [4.69, 9.17) is 0 Å². The average molecular weight is 452 g/mol. The fourth-order valence-electron chi connectivity index (χ4n) is 1.60. The molecule has 104 valence electrons. The third-order valence-electron chi connectivity index (χ3n) is 2.67. The number of hydrogen-bond donors (Lipinski definition) is 1. The molecule has 0 aliphatic rings. The van der Waals surface area contributed by atoms with Crippen molar-refractivity contribution >= 4 is 50.1 Å². The van der Waals surface area contributed by atoms with Gasteiger partial charge in [0.05, 0.1) is 11.3 Å². The summed E-state index contributed by atoms with van der Waals surface area (Å²) in [5, 5.41) is 2.38. The average Bonchev–Trinajstić information content (AvgIpc) is 2.38. The molecule has 6 heteroatoms. The van der Waals surface area contributed by atoms with Gasteiger partial charge in [0.15, 0.2) is 0 Å². The molecule has 1 amide bonds. The Bertz CT molecular complexity index is 691. The summed E-state index contributed by atoms with van der Waals surface area (Å²) < 4.78 is 28.6. The number of nitrogens with one attached hydrogen (secondary N) is 1. The van der Waals surface area contributed by atoms with Gasteiger partial charge in [-0.3, -0.25) is 4.79 Å². The highest BCUT2D eigenvalue weighted by Crippen LogP contribution is 2.23. The highest BCUT2D eigenvalue weighted by molar-refractivity contribution is 14.1. The normalized spacial score (nSPS) is 10.4. The first kappa shape index (κ1) is 15.4. The number of hydrogen-bond acceptors (Lipinski definition) is 1. The smallest absolute Gasteiger partial charge is 0.256 e. The Morgan fingerprint density at radius 1 is 1.20 bits per heavy atom. The van der Waals surface area contributed by atoms with E-state index in [-0.39, 0.29) is 11.3 Å². The molecule has 0 aromatic heterocycles. The van der Waals surface area contributed by atoms with Crippen LogP contribution in [-0.2, 0) is 0 Å². The first-order valence-corrected chi connectivity index (χ1v) is 7.47. The van der Waals surface area contributed by atoms with Gasteiger partial charge in [-0.2, -0.15) is 0 Å². The van der Waals surface area contributed by atoms with Gasteiger partial charge in [-0.25, -0.2) is 8.78 Å². The first-order valence-electron chi connectivity index (χ1n) is 5.60. The van der Waals surface area contributed by atoms with E-state index in [2.05, 4.69) is 43.8 Å². The second-order valence-electron chi connectivity index (χ2n) is 4.16. The van der Waals surface area contributed by atoms with Crippen molar-refractivity contribution in [3.05, 3.63) is 61.1 Å². The highest BCUT2D eigenvalue weighted by Gasteiger charge is 2.14. The second kappa shape index (κ2) is 6.17. The van der Waals surface area contributed by atoms with Crippen LogP contribution >= 0.6 is 38.5 Å². The predicted octanol–water partition coefficient (Wildman–Crippen LogP) is 4.89. The van der Waals surface area contributed by atoms with E-state index < -0.39 is 17.5 Å². The minimum atomic E-state index is -0.668. The molecule has 0 atom stereocenters. The van der Waals surface area contributed by atoms with Crippen LogP contribution in [0.3, 0.4) is 0 Å². The summed E-state index contributed by atoms with van der Waals surface area (Å²) in [6, 6.07) is 7.23. The molecular weight excluding hydrogens is 443 g/mol. The van der Waals surface area contributed by atoms with E-state index in [1.807, 2.05) is 6.07 Å². The van der Waals surface area contributed by atoms with Crippen LogP contribution < -0.4 is 5.32 Å². The minimum absolute atomic E-state index is 0.177. The zero-order chi connectivity index (χ0) is 14.9. The molecule has 0 aliphatic carbocycles. The van der Waals surface area contributed by atoms with E-state index in [0.717, 1.165) is 15.7 Å². The first-order chi connectivity index (χ1) is 9.38. The van der Waals surface area contributed by atoms with Crippen LogP contribution in [0.15, 0.2) is 34.8 Å². The maximum Gasteiger partial charge on any atom is 0.256 e. The molecule has 2 rings (SSSR count). The molecule has 2 aromatic rings. The Morgan fingerprint density at radius 2 is 1.90 bits per heavy atom. The number of benzene rings is 2. The van der Waals surface area contributed by atoms with Gasteiger partial charge in [0.1, 0.15) is 11.6 Å². The number of halogens is 4. The fraction of sp³-hybridized carbons (Fsp3) is 0.0714. The summed E-state index contributed by atoms with van der Waals surface area (Å²) >= 11 is 5.32. The minimum Gasteiger partial charge on any atom is -0.319 e. The fourth-order valence-corrected chi connectivity index (χ4v) is 2.52. The van der Waals surface area contributed by atoms with Gasteiger partial charge in [-0.1, -0.05) is 0 Å². The molecule has 20 heavy (non-hydrogen) atoms. The molecule has 2 aromatic carbocycles. The molecule has 0 spiro atoms. The Morgan fingerprint density at radius 3 is 2.60 bits per heavy atom. The summed E-state index contributed by atoms with van der Waals surface area (Å²) in [6.07, 6.45) is 0. The summed E-state index contributed by atoms with van der Waals surface area (Å²) in [6.45, 7) is 1.46. The van der Waals surface area contributed by atoms with E-state index in [1.54, 1.807) is 12.1 Å². The van der Waals surface area contributed by atoms with Crippen LogP contribution in [0.2, 0.25) is 0 Å². The van der Waals surface area contributed by atoms with Crippen molar-refractivity contribution in [1.82, 2.24) is 0 Å². The summed E-state index contributed by atoms with van der Waals surface area (Å²) in [5.41, 5.74) is 0.372. The monoisotopic (exact) mass is 451 g/mol. The number of carbonyl (C=O) groups excluding carboxylic acids is 1. The van der Waals surface area contributed by atoms with Crippen LogP contribution in [0, 0.1) is 22.1 Å². The molecule has 2 nitrogen and oxygen atoms in total. The van der Waals surface area contributed by atoms with Crippen LogP contribution in [-0.4, -0.2) is 5.91 Å². The number of anilines is 1. The molecule has 0 fully saturated rings. The highest BCUT2D eigenvalue weighted by atomic mass is 127. The predicted molar refractivity (Wildman–Crippen MR) is 85.9 cm³/mol. The van der Waals surface area contributed by atoms with E-state index >= 15 is 0 Å². The van der Waals surface area contributed by atoms with Gasteiger partial charge in [-0.15, -0.1) is 0 Å². The maximum absolute atomic E-state index is 13.7. The van der Waals surface area contributed by atoms with E-state index in [0.29, 0.717) is 10.0 Å². The van der Waals surface area contributed by atoms with Crippen molar-refractivity contribution in [2.45, 2.75) is 6.92 Å². The van der Waals surface area contributed by atoms with Gasteiger partial charge in [0.2, 0.25) is 0 Å². The zero-order valence-corrected chi connectivity index (χ0v) is 14.1. The SMILES string of the molecule is Cc1cc(F)c(NC(=O)c2cc(I)ccc2Br)cc1F. The van der Waals surface area contributed by atoms with E-state index in [9.17, 15) is 13.6 Å². The summed E-state index contributed by atoms with van der Waals surface area (Å²) in [4.78, 5) is 12.1. The van der Waals surface area contributed by atoms with Crippen molar-refractivity contribution < 1.29 is 13.6 Å². The molecule has 0 saturated carbocycles. The maximum atomic E-state index is 13.7. The number of aryl methyl sites for hydroxylation is 1. The summed E-state index contributed by atoms with van der Waals surface area (Å²) in [7, 11) is 0. The lowest BCUT2D eigenvalue weighted by Gasteiger charge is -2.09. The van der Waals surface area contributed by atoms with Crippen molar-refractivity contribution in [3.8, 4) is 0 Å². The van der Waals surface area contributed by atoms with Crippen molar-refractivity contribution in [2.24, 2.45) is 0 Å². The molecule has 1 N–H and O–H groups in total. The lowest BCUT2D eigenvalue weighted by Crippen LogP contribution is -2.14. The van der Waals surface area contributed by atoms with Crippen LogP contribution in [0.5, 0.6) is 0 Å². The lowest BCUT2D eigenvalue weighted by atomic mass is 10.1. The standard InChI is InChI=1S/C14H9BrF2INO/c1-7-4-12(17)13(6-11(7)16)19-14(20)9-5-8(18)2-3-10(9)15/h2-6H,1H3,(H,19,20). The summed E-state index contributed by atoms with van der Waals surface area (Å²) in [5.74, 6) is -1.74.